The number of hydrogen-bond donors (Lipinski definition) is 0. The second-order valence-corrected chi connectivity index (χ2v) is 9.90. The number of rotatable bonds is 6. The molecule has 0 saturated carbocycles. The Morgan fingerprint density at radius 1 is 1.24 bits per heavy atom. The average Bonchev–Trinajstić information content (AvgIpc) is 3.04. The Balaban J connectivity index is 1.99. The Bertz CT molecular complexity index is 912. The van der Waals surface area contributed by atoms with E-state index in [1.165, 1.54) is 0 Å². The number of aromatic nitrogens is 2. The third-order valence-electron chi connectivity index (χ3n) is 4.89. The van der Waals surface area contributed by atoms with Crippen molar-refractivity contribution < 1.29 is 8.42 Å². The summed E-state index contributed by atoms with van der Waals surface area (Å²) in [5, 5.41) is 0. The number of sulfone groups is 1. The molecule has 7 heteroatoms. The Morgan fingerprint density at radius 2 is 1.88 bits per heavy atom. The van der Waals surface area contributed by atoms with Crippen molar-refractivity contribution in [2.45, 2.75) is 46.4 Å². The highest BCUT2D eigenvalue weighted by atomic mass is 32.2. The van der Waals surface area contributed by atoms with Crippen LogP contribution in [0.5, 0.6) is 0 Å². The molecular weight excluding hydrogens is 354 g/mol. The first-order valence-electron chi connectivity index (χ1n) is 8.95. The fraction of sp³-hybridized carbons (Fsp3) is 0.611. The van der Waals surface area contributed by atoms with E-state index in [2.05, 4.69) is 46.9 Å². The fourth-order valence-electron chi connectivity index (χ4n) is 3.75. The van der Waals surface area contributed by atoms with E-state index in [1.54, 1.807) is 0 Å². The molecule has 0 aliphatic carbocycles. The molecule has 1 aliphatic rings. The van der Waals surface area contributed by atoms with Crippen LogP contribution in [0.25, 0.3) is 11.0 Å². The van der Waals surface area contributed by atoms with E-state index in [-0.39, 0.29) is 11.8 Å². The summed E-state index contributed by atoms with van der Waals surface area (Å²) in [6.07, 6.45) is 0.717. The third kappa shape index (κ3) is 3.83. The number of para-hydroxylation sites is 2. The van der Waals surface area contributed by atoms with Crippen LogP contribution in [0.1, 0.15) is 27.2 Å². The number of imidazole rings is 1. The van der Waals surface area contributed by atoms with Crippen molar-refractivity contribution in [1.82, 2.24) is 14.0 Å². The van der Waals surface area contributed by atoms with Crippen molar-refractivity contribution in [2.75, 3.05) is 18.1 Å². The van der Waals surface area contributed by atoms with E-state index >= 15 is 0 Å². The zero-order valence-corrected chi connectivity index (χ0v) is 16.8. The predicted molar refractivity (Wildman–Crippen MR) is 105 cm³/mol. The van der Waals surface area contributed by atoms with Crippen molar-refractivity contribution in [1.29, 1.82) is 0 Å². The molecule has 0 radical (unpaired) electrons. The molecule has 1 saturated heterocycles. The SMILES string of the molecule is CCn1c(=S)n(CN(CC(C)C)[C@@H]2CCS(=O)(=O)C2)c2ccccc21. The van der Waals surface area contributed by atoms with Gasteiger partial charge in [0.1, 0.15) is 0 Å². The maximum atomic E-state index is 12.0. The summed E-state index contributed by atoms with van der Waals surface area (Å²) in [5.74, 6) is 1.03. The van der Waals surface area contributed by atoms with Gasteiger partial charge in [0, 0.05) is 19.1 Å². The fourth-order valence-corrected chi connectivity index (χ4v) is 5.90. The van der Waals surface area contributed by atoms with Crippen LogP contribution in [-0.4, -0.2) is 46.5 Å². The highest BCUT2D eigenvalue weighted by molar-refractivity contribution is 7.91. The first-order chi connectivity index (χ1) is 11.8. The standard InChI is InChI=1S/C18H27N3O2S2/c1-4-20-16-7-5-6-8-17(16)21(18(20)24)13-19(11-14(2)3)15-9-10-25(22,23)12-15/h5-8,14-15H,4,9-13H2,1-3H3/t15-/m1/s1. The second-order valence-electron chi connectivity index (χ2n) is 7.31. The molecule has 0 bridgehead atoms. The van der Waals surface area contributed by atoms with Gasteiger partial charge in [0.05, 0.1) is 29.2 Å². The normalized spacial score (nSPS) is 20.1. The maximum Gasteiger partial charge on any atom is 0.181 e. The van der Waals surface area contributed by atoms with Crippen molar-refractivity contribution in [3.8, 4) is 0 Å². The summed E-state index contributed by atoms with van der Waals surface area (Å²) in [7, 11) is -2.90. The summed E-state index contributed by atoms with van der Waals surface area (Å²) < 4.78 is 29.0. The van der Waals surface area contributed by atoms with Gasteiger partial charge in [-0.05, 0) is 43.6 Å². The van der Waals surface area contributed by atoms with E-state index in [9.17, 15) is 8.42 Å². The monoisotopic (exact) mass is 381 g/mol. The Morgan fingerprint density at radius 3 is 2.40 bits per heavy atom. The zero-order valence-electron chi connectivity index (χ0n) is 15.2. The van der Waals surface area contributed by atoms with Gasteiger partial charge < -0.3 is 9.13 Å². The van der Waals surface area contributed by atoms with Crippen LogP contribution in [0.4, 0.5) is 0 Å². The molecule has 1 aromatic heterocycles. The van der Waals surface area contributed by atoms with Gasteiger partial charge in [-0.3, -0.25) is 4.90 Å². The minimum atomic E-state index is -2.90. The van der Waals surface area contributed by atoms with Gasteiger partial charge in [0.15, 0.2) is 14.6 Å². The molecule has 3 rings (SSSR count). The van der Waals surface area contributed by atoms with Crippen molar-refractivity contribution >= 4 is 33.1 Å². The van der Waals surface area contributed by atoms with Gasteiger partial charge in [0.2, 0.25) is 0 Å². The van der Waals surface area contributed by atoms with Gasteiger partial charge in [0.25, 0.3) is 0 Å². The van der Waals surface area contributed by atoms with Crippen LogP contribution < -0.4 is 0 Å². The molecule has 2 heterocycles. The number of fused-ring (bicyclic) bond motifs is 1. The van der Waals surface area contributed by atoms with Crippen LogP contribution in [-0.2, 0) is 23.1 Å². The lowest BCUT2D eigenvalue weighted by Gasteiger charge is -2.30. The molecule has 1 fully saturated rings. The summed E-state index contributed by atoms with van der Waals surface area (Å²) in [5.41, 5.74) is 2.25. The Labute approximate surface area is 155 Å². The maximum absolute atomic E-state index is 12.0. The zero-order chi connectivity index (χ0) is 18.2. The second kappa shape index (κ2) is 7.21. The minimum Gasteiger partial charge on any atom is -0.317 e. The van der Waals surface area contributed by atoms with Gasteiger partial charge >= 0.3 is 0 Å². The smallest absolute Gasteiger partial charge is 0.181 e. The van der Waals surface area contributed by atoms with Gasteiger partial charge in [-0.2, -0.15) is 0 Å². The topological polar surface area (TPSA) is 47.2 Å². The molecule has 0 spiro atoms. The van der Waals surface area contributed by atoms with Crippen LogP contribution in [0.3, 0.4) is 0 Å². The molecular formula is C18H27N3O2S2. The molecule has 0 unspecified atom stereocenters. The summed E-state index contributed by atoms with van der Waals surface area (Å²) >= 11 is 5.72. The van der Waals surface area contributed by atoms with Crippen LogP contribution >= 0.6 is 12.2 Å². The summed E-state index contributed by atoms with van der Waals surface area (Å²) in [4.78, 5) is 2.30. The third-order valence-corrected chi connectivity index (χ3v) is 7.08. The highest BCUT2D eigenvalue weighted by Crippen LogP contribution is 2.23. The van der Waals surface area contributed by atoms with E-state index in [0.29, 0.717) is 18.3 Å². The van der Waals surface area contributed by atoms with E-state index < -0.39 is 9.84 Å². The Hall–Kier alpha value is -1.18. The average molecular weight is 382 g/mol. The molecule has 1 aliphatic heterocycles. The number of nitrogens with zero attached hydrogens (tertiary/aromatic N) is 3. The van der Waals surface area contributed by atoms with Gasteiger partial charge in [-0.25, -0.2) is 8.42 Å². The van der Waals surface area contributed by atoms with Crippen LogP contribution in [0.2, 0.25) is 0 Å². The molecule has 5 nitrogen and oxygen atoms in total. The molecule has 1 aromatic carbocycles. The minimum absolute atomic E-state index is 0.0815. The molecule has 25 heavy (non-hydrogen) atoms. The van der Waals surface area contributed by atoms with Crippen molar-refractivity contribution in [2.24, 2.45) is 5.92 Å². The summed E-state index contributed by atoms with van der Waals surface area (Å²) in [6, 6.07) is 8.33. The number of hydrogen-bond acceptors (Lipinski definition) is 4. The molecule has 0 N–H and O–H groups in total. The van der Waals surface area contributed by atoms with E-state index in [0.717, 1.165) is 35.3 Å². The van der Waals surface area contributed by atoms with Crippen molar-refractivity contribution in [3.05, 3.63) is 29.0 Å². The lowest BCUT2D eigenvalue weighted by atomic mass is 10.1. The molecule has 138 valence electrons. The van der Waals surface area contributed by atoms with Crippen LogP contribution in [0, 0.1) is 10.7 Å². The molecule has 2 aromatic rings. The largest absolute Gasteiger partial charge is 0.317 e. The van der Waals surface area contributed by atoms with E-state index in [4.69, 9.17) is 12.2 Å². The first kappa shape index (κ1) is 18.6. The highest BCUT2D eigenvalue weighted by Gasteiger charge is 2.32. The molecule has 0 amide bonds. The Kier molecular flexibility index (Phi) is 5.37. The van der Waals surface area contributed by atoms with Gasteiger partial charge in [-0.15, -0.1) is 0 Å². The number of aryl methyl sites for hydroxylation is 1. The molecule has 1 atom stereocenters. The lowest BCUT2D eigenvalue weighted by Crippen LogP contribution is -2.40. The van der Waals surface area contributed by atoms with Crippen LogP contribution in [0.15, 0.2) is 24.3 Å². The van der Waals surface area contributed by atoms with Crippen molar-refractivity contribution in [3.63, 3.8) is 0 Å². The van der Waals surface area contributed by atoms with E-state index in [1.807, 2.05) is 12.1 Å². The lowest BCUT2D eigenvalue weighted by molar-refractivity contribution is 0.147. The number of benzene rings is 1. The quantitative estimate of drug-likeness (QED) is 0.721. The predicted octanol–water partition coefficient (Wildman–Crippen LogP) is 3.29. The van der Waals surface area contributed by atoms with Gasteiger partial charge in [-0.1, -0.05) is 26.0 Å². The first-order valence-corrected chi connectivity index (χ1v) is 11.2. The summed E-state index contributed by atoms with van der Waals surface area (Å²) in [6.45, 7) is 8.78.